The first-order chi connectivity index (χ1) is 6.15. The molecule has 0 fully saturated rings. The first kappa shape index (κ1) is 9.74. The van der Waals surface area contributed by atoms with Crippen molar-refractivity contribution in [2.24, 2.45) is 5.73 Å². The van der Waals surface area contributed by atoms with Gasteiger partial charge in [0.2, 0.25) is 0 Å². The number of hydrogen-bond acceptors (Lipinski definition) is 3. The molecule has 2 N–H and O–H groups in total. The fourth-order valence-corrected chi connectivity index (χ4v) is 1.04. The number of benzene rings is 1. The van der Waals surface area contributed by atoms with E-state index in [0.29, 0.717) is 5.56 Å². The summed E-state index contributed by atoms with van der Waals surface area (Å²) in [5, 5.41) is 0. The minimum atomic E-state index is -0.323. The van der Waals surface area contributed by atoms with Crippen molar-refractivity contribution < 1.29 is 9.53 Å². The summed E-state index contributed by atoms with van der Waals surface area (Å²) in [6.07, 6.45) is 0. The van der Waals surface area contributed by atoms with Gasteiger partial charge in [0, 0.05) is 6.04 Å². The van der Waals surface area contributed by atoms with Crippen molar-refractivity contribution in [3.8, 4) is 0 Å². The van der Waals surface area contributed by atoms with Crippen LogP contribution in [0.25, 0.3) is 0 Å². The molecular weight excluding hydrogens is 166 g/mol. The highest BCUT2D eigenvalue weighted by atomic mass is 16.5. The Morgan fingerprint density at radius 1 is 1.38 bits per heavy atom. The number of esters is 1. The normalized spacial score (nSPS) is 12.2. The van der Waals surface area contributed by atoms with Gasteiger partial charge in [0.1, 0.15) is 0 Å². The predicted octanol–water partition coefficient (Wildman–Crippen LogP) is 1.49. The monoisotopic (exact) mass is 179 g/mol. The minimum absolute atomic E-state index is 0.00769. The van der Waals surface area contributed by atoms with Gasteiger partial charge in [-0.2, -0.15) is 0 Å². The molecule has 0 aliphatic carbocycles. The molecule has 0 spiro atoms. The van der Waals surface area contributed by atoms with Gasteiger partial charge in [0.05, 0.1) is 12.7 Å². The van der Waals surface area contributed by atoms with Gasteiger partial charge >= 0.3 is 5.97 Å². The molecule has 0 aromatic heterocycles. The van der Waals surface area contributed by atoms with Crippen LogP contribution in [0.5, 0.6) is 0 Å². The average Bonchev–Trinajstić information content (AvgIpc) is 2.17. The van der Waals surface area contributed by atoms with Gasteiger partial charge in [-0.3, -0.25) is 0 Å². The van der Waals surface area contributed by atoms with E-state index >= 15 is 0 Å². The lowest BCUT2D eigenvalue weighted by molar-refractivity contribution is 0.0600. The molecule has 0 amide bonds. The second-order valence-corrected chi connectivity index (χ2v) is 2.90. The summed E-state index contributed by atoms with van der Waals surface area (Å²) in [6.45, 7) is 1.90. The summed E-state index contributed by atoms with van der Waals surface area (Å²) < 4.78 is 4.57. The molecule has 0 bridgehead atoms. The zero-order valence-electron chi connectivity index (χ0n) is 7.78. The Hall–Kier alpha value is -1.35. The largest absolute Gasteiger partial charge is 0.465 e. The van der Waals surface area contributed by atoms with Gasteiger partial charge in [-0.25, -0.2) is 4.79 Å². The maximum absolute atomic E-state index is 11.0. The SMILES string of the molecule is COC(=O)c1ccc(C(C)N)cc1. The summed E-state index contributed by atoms with van der Waals surface area (Å²) in [7, 11) is 1.36. The first-order valence-corrected chi connectivity index (χ1v) is 4.09. The van der Waals surface area contributed by atoms with Crippen LogP contribution in [0.15, 0.2) is 24.3 Å². The van der Waals surface area contributed by atoms with Crippen molar-refractivity contribution in [2.75, 3.05) is 7.11 Å². The van der Waals surface area contributed by atoms with Crippen LogP contribution in [0.4, 0.5) is 0 Å². The van der Waals surface area contributed by atoms with Gasteiger partial charge in [-0.1, -0.05) is 12.1 Å². The third-order valence-corrected chi connectivity index (χ3v) is 1.86. The second-order valence-electron chi connectivity index (χ2n) is 2.90. The van der Waals surface area contributed by atoms with Crippen LogP contribution in [0.2, 0.25) is 0 Å². The maximum Gasteiger partial charge on any atom is 0.337 e. The van der Waals surface area contributed by atoms with Crippen molar-refractivity contribution >= 4 is 5.97 Å². The average molecular weight is 179 g/mol. The molecule has 0 aliphatic heterocycles. The number of nitrogens with two attached hydrogens (primary N) is 1. The van der Waals surface area contributed by atoms with E-state index in [-0.39, 0.29) is 12.0 Å². The van der Waals surface area contributed by atoms with Gasteiger partial charge in [0.15, 0.2) is 0 Å². The van der Waals surface area contributed by atoms with Crippen LogP contribution in [0.1, 0.15) is 28.9 Å². The molecule has 0 radical (unpaired) electrons. The minimum Gasteiger partial charge on any atom is -0.465 e. The van der Waals surface area contributed by atoms with Crippen LogP contribution < -0.4 is 5.73 Å². The van der Waals surface area contributed by atoms with E-state index in [4.69, 9.17) is 5.73 Å². The van der Waals surface area contributed by atoms with Gasteiger partial charge in [-0.15, -0.1) is 0 Å². The molecule has 1 atom stereocenters. The van der Waals surface area contributed by atoms with Gasteiger partial charge in [-0.05, 0) is 24.6 Å². The number of carbonyl (C=O) groups is 1. The molecule has 3 heteroatoms. The maximum atomic E-state index is 11.0. The summed E-state index contributed by atoms with van der Waals surface area (Å²) in [5.41, 5.74) is 7.21. The van der Waals surface area contributed by atoms with Gasteiger partial charge in [0.25, 0.3) is 0 Å². The third-order valence-electron chi connectivity index (χ3n) is 1.86. The van der Waals surface area contributed by atoms with E-state index in [1.165, 1.54) is 7.11 Å². The highest BCUT2D eigenvalue weighted by molar-refractivity contribution is 5.89. The van der Waals surface area contributed by atoms with Crippen molar-refractivity contribution in [2.45, 2.75) is 13.0 Å². The Bertz CT molecular complexity index is 290. The molecule has 0 aliphatic rings. The fourth-order valence-electron chi connectivity index (χ4n) is 1.04. The Labute approximate surface area is 77.5 Å². The molecule has 0 saturated heterocycles. The van der Waals surface area contributed by atoms with E-state index < -0.39 is 0 Å². The second kappa shape index (κ2) is 4.05. The van der Waals surface area contributed by atoms with E-state index in [1.807, 2.05) is 19.1 Å². The zero-order chi connectivity index (χ0) is 9.84. The molecule has 0 heterocycles. The van der Waals surface area contributed by atoms with Crippen LogP contribution >= 0.6 is 0 Å². The van der Waals surface area contributed by atoms with Crippen LogP contribution in [0.3, 0.4) is 0 Å². The molecule has 1 rings (SSSR count). The lowest BCUT2D eigenvalue weighted by atomic mass is 10.1. The van der Waals surface area contributed by atoms with Crippen molar-refractivity contribution in [1.82, 2.24) is 0 Å². The number of ether oxygens (including phenoxy) is 1. The number of hydrogen-bond donors (Lipinski definition) is 1. The first-order valence-electron chi connectivity index (χ1n) is 4.09. The molecule has 1 aromatic carbocycles. The highest BCUT2D eigenvalue weighted by Gasteiger charge is 2.05. The van der Waals surface area contributed by atoms with E-state index in [1.54, 1.807) is 12.1 Å². The van der Waals surface area contributed by atoms with Crippen molar-refractivity contribution in [3.05, 3.63) is 35.4 Å². The highest BCUT2D eigenvalue weighted by Crippen LogP contribution is 2.11. The van der Waals surface area contributed by atoms with E-state index in [0.717, 1.165) is 5.56 Å². The third kappa shape index (κ3) is 2.29. The zero-order valence-corrected chi connectivity index (χ0v) is 7.78. The summed E-state index contributed by atoms with van der Waals surface area (Å²) >= 11 is 0. The lowest BCUT2D eigenvalue weighted by Gasteiger charge is -2.05. The Morgan fingerprint density at radius 2 is 1.92 bits per heavy atom. The molecule has 3 nitrogen and oxygen atoms in total. The Kier molecular flexibility index (Phi) is 3.03. The molecule has 1 unspecified atom stereocenters. The molecular formula is C10H13NO2. The predicted molar refractivity (Wildman–Crippen MR) is 50.4 cm³/mol. The Balaban J connectivity index is 2.87. The van der Waals surface area contributed by atoms with Crippen molar-refractivity contribution in [1.29, 1.82) is 0 Å². The fraction of sp³-hybridized carbons (Fsp3) is 0.300. The van der Waals surface area contributed by atoms with Crippen LogP contribution in [0, 0.1) is 0 Å². The summed E-state index contributed by atoms with van der Waals surface area (Å²) in [6, 6.07) is 7.08. The lowest BCUT2D eigenvalue weighted by Crippen LogP contribution is -2.06. The molecule has 1 aromatic rings. The standard InChI is InChI=1S/C10H13NO2/c1-7(11)8-3-5-9(6-4-8)10(12)13-2/h3-7H,11H2,1-2H3. The quantitative estimate of drug-likeness (QED) is 0.700. The topological polar surface area (TPSA) is 52.3 Å². The summed E-state index contributed by atoms with van der Waals surface area (Å²) in [5.74, 6) is -0.323. The number of rotatable bonds is 2. The van der Waals surface area contributed by atoms with Crippen LogP contribution in [-0.4, -0.2) is 13.1 Å². The smallest absolute Gasteiger partial charge is 0.337 e. The van der Waals surface area contributed by atoms with E-state index in [9.17, 15) is 4.79 Å². The van der Waals surface area contributed by atoms with Crippen LogP contribution in [-0.2, 0) is 4.74 Å². The molecule has 13 heavy (non-hydrogen) atoms. The number of methoxy groups -OCH3 is 1. The Morgan fingerprint density at radius 3 is 2.31 bits per heavy atom. The molecule has 0 saturated carbocycles. The molecule has 70 valence electrons. The van der Waals surface area contributed by atoms with Crippen molar-refractivity contribution in [3.63, 3.8) is 0 Å². The number of carbonyl (C=O) groups excluding carboxylic acids is 1. The van der Waals surface area contributed by atoms with Gasteiger partial charge < -0.3 is 10.5 Å². The summed E-state index contributed by atoms with van der Waals surface area (Å²) in [4.78, 5) is 11.0. The van der Waals surface area contributed by atoms with E-state index in [2.05, 4.69) is 4.74 Å².